The van der Waals surface area contributed by atoms with E-state index in [0.717, 1.165) is 11.3 Å². The summed E-state index contributed by atoms with van der Waals surface area (Å²) in [5.41, 5.74) is 1.87. The summed E-state index contributed by atoms with van der Waals surface area (Å²) in [4.78, 5) is 12.8. The molecule has 1 N–H and O–H groups in total. The second kappa shape index (κ2) is 7.75. The normalized spacial score (nSPS) is 11.8. The molecule has 0 bridgehead atoms. The van der Waals surface area contributed by atoms with E-state index >= 15 is 0 Å². The van der Waals surface area contributed by atoms with Gasteiger partial charge in [0.1, 0.15) is 12.1 Å². The van der Waals surface area contributed by atoms with Gasteiger partial charge in [0.25, 0.3) is 0 Å². The minimum atomic E-state index is -0.186. The van der Waals surface area contributed by atoms with Gasteiger partial charge >= 0.3 is 0 Å². The molecule has 0 aliphatic heterocycles. The van der Waals surface area contributed by atoms with Crippen molar-refractivity contribution >= 4 is 17.4 Å². The van der Waals surface area contributed by atoms with E-state index in [1.165, 1.54) is 6.33 Å². The Morgan fingerprint density at radius 1 is 1.08 bits per heavy atom. The second-order valence-electron chi connectivity index (χ2n) is 5.06. The van der Waals surface area contributed by atoms with Gasteiger partial charge in [-0.25, -0.2) is 9.97 Å². The van der Waals surface area contributed by atoms with Gasteiger partial charge in [-0.1, -0.05) is 29.8 Å². The van der Waals surface area contributed by atoms with Crippen LogP contribution in [0.2, 0.25) is 5.02 Å². The smallest absolute Gasteiger partial charge is 0.218 e. The van der Waals surface area contributed by atoms with Crippen LogP contribution in [0.1, 0.15) is 24.2 Å². The van der Waals surface area contributed by atoms with Crippen molar-refractivity contribution in [3.05, 3.63) is 77.3 Å². The van der Waals surface area contributed by atoms with E-state index in [9.17, 15) is 0 Å². The van der Waals surface area contributed by atoms with Crippen LogP contribution in [0.3, 0.4) is 0 Å². The fourth-order valence-electron chi connectivity index (χ4n) is 2.35. The largest absolute Gasteiger partial charge is 0.478 e. The highest BCUT2D eigenvalue weighted by molar-refractivity contribution is 6.30. The van der Waals surface area contributed by atoms with Crippen LogP contribution in [-0.2, 0) is 0 Å². The third-order valence-electron chi connectivity index (χ3n) is 3.39. The Labute approximate surface area is 145 Å². The topological polar surface area (TPSA) is 59.9 Å². The molecule has 24 heavy (non-hydrogen) atoms. The van der Waals surface area contributed by atoms with E-state index in [0.29, 0.717) is 23.3 Å². The number of nitrogens with one attached hydrogen (secondary N) is 1. The van der Waals surface area contributed by atoms with Crippen molar-refractivity contribution in [2.75, 3.05) is 11.9 Å². The predicted octanol–water partition coefficient (Wildman–Crippen LogP) is 4.13. The zero-order valence-corrected chi connectivity index (χ0v) is 13.9. The summed E-state index contributed by atoms with van der Waals surface area (Å²) < 4.78 is 5.43. The SMILES string of the molecule is CCOc1cc(NC(c2cccc(Cl)c2)c2ccccn2)ncn1. The summed E-state index contributed by atoms with van der Waals surface area (Å²) in [7, 11) is 0. The van der Waals surface area contributed by atoms with Crippen LogP contribution in [0, 0.1) is 0 Å². The number of halogens is 1. The van der Waals surface area contributed by atoms with E-state index in [4.69, 9.17) is 16.3 Å². The first-order valence-electron chi connectivity index (χ1n) is 7.64. The molecule has 122 valence electrons. The summed E-state index contributed by atoms with van der Waals surface area (Å²) in [5.74, 6) is 1.19. The molecule has 2 aromatic heterocycles. The molecule has 0 aliphatic carbocycles. The highest BCUT2D eigenvalue weighted by atomic mass is 35.5. The number of aromatic nitrogens is 3. The molecule has 2 heterocycles. The van der Waals surface area contributed by atoms with Gasteiger partial charge in [0.2, 0.25) is 5.88 Å². The zero-order valence-electron chi connectivity index (χ0n) is 13.2. The Kier molecular flexibility index (Phi) is 5.23. The Hall–Kier alpha value is -2.66. The molecule has 0 radical (unpaired) electrons. The van der Waals surface area contributed by atoms with Crippen molar-refractivity contribution in [1.29, 1.82) is 0 Å². The van der Waals surface area contributed by atoms with E-state index in [1.807, 2.05) is 49.4 Å². The highest BCUT2D eigenvalue weighted by Crippen LogP contribution is 2.27. The first kappa shape index (κ1) is 16.2. The van der Waals surface area contributed by atoms with Crippen LogP contribution in [0.15, 0.2) is 61.1 Å². The molecule has 0 saturated carbocycles. The minimum absolute atomic E-state index is 0.186. The molecule has 1 atom stereocenters. The summed E-state index contributed by atoms with van der Waals surface area (Å²) >= 11 is 6.15. The number of benzene rings is 1. The zero-order chi connectivity index (χ0) is 16.8. The fourth-order valence-corrected chi connectivity index (χ4v) is 2.55. The summed E-state index contributed by atoms with van der Waals surface area (Å²) in [6.07, 6.45) is 3.24. The summed E-state index contributed by atoms with van der Waals surface area (Å²) in [6.45, 7) is 2.46. The van der Waals surface area contributed by atoms with E-state index < -0.39 is 0 Å². The van der Waals surface area contributed by atoms with Gasteiger partial charge in [-0.05, 0) is 36.8 Å². The maximum atomic E-state index is 6.15. The molecule has 1 aromatic carbocycles. The third kappa shape index (κ3) is 4.00. The number of pyridine rings is 1. The molecule has 0 spiro atoms. The maximum absolute atomic E-state index is 6.15. The molecule has 3 rings (SSSR count). The van der Waals surface area contributed by atoms with Gasteiger partial charge in [-0.3, -0.25) is 4.98 Å². The molecule has 0 fully saturated rings. The van der Waals surface area contributed by atoms with Gasteiger partial charge in [0, 0.05) is 17.3 Å². The third-order valence-corrected chi connectivity index (χ3v) is 3.63. The molecular weight excluding hydrogens is 324 g/mol. The van der Waals surface area contributed by atoms with Crippen molar-refractivity contribution in [2.24, 2.45) is 0 Å². The number of hydrogen-bond acceptors (Lipinski definition) is 5. The van der Waals surface area contributed by atoms with Gasteiger partial charge in [0.15, 0.2) is 0 Å². The maximum Gasteiger partial charge on any atom is 0.218 e. The standard InChI is InChI=1S/C18H17ClN4O/c1-2-24-17-11-16(21-12-22-17)23-18(15-8-3-4-9-20-15)13-6-5-7-14(19)10-13/h3-12,18H,2H2,1H3,(H,21,22,23). The molecule has 6 heteroatoms. The van der Waals surface area contributed by atoms with Gasteiger partial charge < -0.3 is 10.1 Å². The Morgan fingerprint density at radius 3 is 2.75 bits per heavy atom. The summed E-state index contributed by atoms with van der Waals surface area (Å²) in [6, 6.07) is 15.1. The van der Waals surface area contributed by atoms with Crippen LogP contribution in [-0.4, -0.2) is 21.6 Å². The Balaban J connectivity index is 1.95. The van der Waals surface area contributed by atoms with Gasteiger partial charge in [-0.2, -0.15) is 0 Å². The lowest BCUT2D eigenvalue weighted by molar-refractivity contribution is 0.326. The number of nitrogens with zero attached hydrogens (tertiary/aromatic N) is 3. The number of rotatable bonds is 6. The lowest BCUT2D eigenvalue weighted by Crippen LogP contribution is -2.15. The molecule has 0 saturated heterocycles. The van der Waals surface area contributed by atoms with Crippen molar-refractivity contribution in [2.45, 2.75) is 13.0 Å². The van der Waals surface area contributed by atoms with Gasteiger partial charge in [-0.15, -0.1) is 0 Å². The van der Waals surface area contributed by atoms with E-state index in [-0.39, 0.29) is 6.04 Å². The summed E-state index contributed by atoms with van der Waals surface area (Å²) in [5, 5.41) is 4.06. The molecule has 0 aliphatic rings. The molecule has 5 nitrogen and oxygen atoms in total. The van der Waals surface area contributed by atoms with E-state index in [1.54, 1.807) is 12.3 Å². The molecule has 0 amide bonds. The van der Waals surface area contributed by atoms with Crippen LogP contribution in [0.4, 0.5) is 5.82 Å². The Morgan fingerprint density at radius 2 is 2.00 bits per heavy atom. The minimum Gasteiger partial charge on any atom is -0.478 e. The van der Waals surface area contributed by atoms with Crippen LogP contribution in [0.5, 0.6) is 5.88 Å². The highest BCUT2D eigenvalue weighted by Gasteiger charge is 2.16. The number of anilines is 1. The molecule has 3 aromatic rings. The molecule has 1 unspecified atom stereocenters. The average Bonchev–Trinajstić information content (AvgIpc) is 2.61. The van der Waals surface area contributed by atoms with Crippen molar-refractivity contribution < 1.29 is 4.74 Å². The fraction of sp³-hybridized carbons (Fsp3) is 0.167. The van der Waals surface area contributed by atoms with Crippen LogP contribution >= 0.6 is 11.6 Å². The lowest BCUT2D eigenvalue weighted by Gasteiger charge is -2.19. The number of hydrogen-bond donors (Lipinski definition) is 1. The van der Waals surface area contributed by atoms with Crippen LogP contribution in [0.25, 0.3) is 0 Å². The average molecular weight is 341 g/mol. The quantitative estimate of drug-likeness (QED) is 0.731. The first-order chi connectivity index (χ1) is 11.8. The Bertz CT molecular complexity index is 798. The lowest BCUT2D eigenvalue weighted by atomic mass is 10.0. The number of ether oxygens (including phenoxy) is 1. The first-order valence-corrected chi connectivity index (χ1v) is 8.02. The predicted molar refractivity (Wildman–Crippen MR) is 94.4 cm³/mol. The monoisotopic (exact) mass is 340 g/mol. The molecular formula is C18H17ClN4O. The van der Waals surface area contributed by atoms with Crippen molar-refractivity contribution in [3.63, 3.8) is 0 Å². The van der Waals surface area contributed by atoms with E-state index in [2.05, 4.69) is 20.3 Å². The van der Waals surface area contributed by atoms with Crippen molar-refractivity contribution in [1.82, 2.24) is 15.0 Å². The van der Waals surface area contributed by atoms with Crippen molar-refractivity contribution in [3.8, 4) is 5.88 Å². The second-order valence-corrected chi connectivity index (χ2v) is 5.50. The van der Waals surface area contributed by atoms with Gasteiger partial charge in [0.05, 0.1) is 18.3 Å². The van der Waals surface area contributed by atoms with Crippen LogP contribution < -0.4 is 10.1 Å².